The van der Waals surface area contributed by atoms with Crippen molar-refractivity contribution in [3.05, 3.63) is 65.7 Å². The third-order valence-corrected chi connectivity index (χ3v) is 2.69. The molecule has 0 fully saturated rings. The Morgan fingerprint density at radius 1 is 1.00 bits per heavy atom. The lowest BCUT2D eigenvalue weighted by Gasteiger charge is -2.17. The van der Waals surface area contributed by atoms with Crippen molar-refractivity contribution in [2.75, 3.05) is 5.01 Å². The third-order valence-electron chi connectivity index (χ3n) is 2.69. The summed E-state index contributed by atoms with van der Waals surface area (Å²) in [5.41, 5.74) is -0.606. The first-order valence-electron chi connectivity index (χ1n) is 5.71. The number of benzene rings is 2. The van der Waals surface area contributed by atoms with E-state index in [0.717, 1.165) is 17.1 Å². The molecule has 0 radical (unpaired) electrons. The molecule has 0 aliphatic rings. The van der Waals surface area contributed by atoms with Gasteiger partial charge in [-0.25, -0.2) is 10.9 Å². The second-order valence-electron chi connectivity index (χ2n) is 4.09. The Morgan fingerprint density at radius 2 is 1.62 bits per heavy atom. The normalized spacial score (nSPS) is 10.7. The molecule has 0 atom stereocenters. The first kappa shape index (κ1) is 17.0. The summed E-state index contributed by atoms with van der Waals surface area (Å²) in [7, 11) is 0. The van der Waals surface area contributed by atoms with Gasteiger partial charge in [-0.05, 0) is 30.3 Å². The molecule has 0 unspecified atom stereocenters. The molecule has 3 nitrogen and oxygen atoms in total. The van der Waals surface area contributed by atoms with E-state index in [-0.39, 0.29) is 18.0 Å². The average Bonchev–Trinajstić information content (AvgIpc) is 2.46. The summed E-state index contributed by atoms with van der Waals surface area (Å²) in [5.74, 6) is 4.93. The molecule has 0 saturated heterocycles. The van der Waals surface area contributed by atoms with Gasteiger partial charge in [-0.2, -0.15) is 13.2 Å². The van der Waals surface area contributed by atoms with Gasteiger partial charge in [0.15, 0.2) is 0 Å². The van der Waals surface area contributed by atoms with Gasteiger partial charge in [0.25, 0.3) is 5.91 Å². The fraction of sp³-hybridized carbons (Fsp3) is 0.0714. The molecule has 2 aromatic carbocycles. The second kappa shape index (κ2) is 6.60. The molecule has 21 heavy (non-hydrogen) atoms. The number of rotatable bonds is 2. The number of anilines is 1. The number of carbonyl (C=O) groups is 1. The number of para-hydroxylation sites is 1. The molecular formula is C14H12ClF3N2O. The van der Waals surface area contributed by atoms with Crippen molar-refractivity contribution in [3.8, 4) is 0 Å². The van der Waals surface area contributed by atoms with Gasteiger partial charge in [0.2, 0.25) is 0 Å². The van der Waals surface area contributed by atoms with Crippen LogP contribution in [0.2, 0.25) is 0 Å². The number of alkyl halides is 3. The topological polar surface area (TPSA) is 46.3 Å². The van der Waals surface area contributed by atoms with E-state index in [0.29, 0.717) is 5.69 Å². The van der Waals surface area contributed by atoms with Crippen LogP contribution in [0.15, 0.2) is 54.6 Å². The second-order valence-corrected chi connectivity index (χ2v) is 4.09. The first-order chi connectivity index (χ1) is 9.39. The third kappa shape index (κ3) is 3.96. The minimum atomic E-state index is -4.50. The predicted molar refractivity (Wildman–Crippen MR) is 76.1 cm³/mol. The number of nitrogens with two attached hydrogens (primary N) is 1. The van der Waals surface area contributed by atoms with Crippen LogP contribution in [0, 0.1) is 0 Å². The molecule has 2 aromatic rings. The Bertz CT molecular complexity index is 617. The monoisotopic (exact) mass is 316 g/mol. The van der Waals surface area contributed by atoms with E-state index in [1.165, 1.54) is 12.1 Å². The van der Waals surface area contributed by atoms with Crippen molar-refractivity contribution >= 4 is 24.0 Å². The number of hydrazine groups is 1. The SMILES string of the molecule is Cl.NN(C(=O)c1cccc(C(F)(F)F)c1)c1ccccc1. The van der Waals surface area contributed by atoms with E-state index in [2.05, 4.69) is 0 Å². The van der Waals surface area contributed by atoms with E-state index in [1.807, 2.05) is 0 Å². The fourth-order valence-electron chi connectivity index (χ4n) is 1.67. The van der Waals surface area contributed by atoms with Gasteiger partial charge in [-0.3, -0.25) is 4.79 Å². The molecule has 0 saturated carbocycles. The predicted octanol–water partition coefficient (Wildman–Crippen LogP) is 3.65. The van der Waals surface area contributed by atoms with E-state index in [1.54, 1.807) is 30.3 Å². The van der Waals surface area contributed by atoms with Gasteiger partial charge in [0.1, 0.15) is 0 Å². The maximum atomic E-state index is 12.6. The zero-order valence-electron chi connectivity index (χ0n) is 10.7. The van der Waals surface area contributed by atoms with Crippen molar-refractivity contribution in [1.29, 1.82) is 0 Å². The zero-order chi connectivity index (χ0) is 14.8. The lowest BCUT2D eigenvalue weighted by atomic mass is 10.1. The molecule has 0 bridgehead atoms. The smallest absolute Gasteiger partial charge is 0.267 e. The molecule has 7 heteroatoms. The Balaban J connectivity index is 0.00000220. The highest BCUT2D eigenvalue weighted by Gasteiger charge is 2.31. The molecular weight excluding hydrogens is 305 g/mol. The highest BCUT2D eigenvalue weighted by Crippen LogP contribution is 2.29. The van der Waals surface area contributed by atoms with E-state index in [9.17, 15) is 18.0 Å². The molecule has 0 aliphatic heterocycles. The van der Waals surface area contributed by atoms with Crippen molar-refractivity contribution in [1.82, 2.24) is 0 Å². The lowest BCUT2D eigenvalue weighted by molar-refractivity contribution is -0.137. The first-order valence-corrected chi connectivity index (χ1v) is 5.71. The van der Waals surface area contributed by atoms with E-state index in [4.69, 9.17) is 5.84 Å². The van der Waals surface area contributed by atoms with Crippen LogP contribution >= 0.6 is 12.4 Å². The minimum absolute atomic E-state index is 0. The molecule has 1 amide bonds. The van der Waals surface area contributed by atoms with Crippen molar-refractivity contribution in [3.63, 3.8) is 0 Å². The molecule has 0 aromatic heterocycles. The summed E-state index contributed by atoms with van der Waals surface area (Å²) >= 11 is 0. The van der Waals surface area contributed by atoms with Crippen LogP contribution in [0.1, 0.15) is 15.9 Å². The fourth-order valence-corrected chi connectivity index (χ4v) is 1.67. The quantitative estimate of drug-likeness (QED) is 0.522. The molecule has 0 spiro atoms. The number of hydrogen-bond donors (Lipinski definition) is 1. The highest BCUT2D eigenvalue weighted by molar-refractivity contribution is 6.05. The van der Waals surface area contributed by atoms with Crippen LogP contribution in [0.3, 0.4) is 0 Å². The number of halogens is 4. The maximum absolute atomic E-state index is 12.6. The Morgan fingerprint density at radius 3 is 2.19 bits per heavy atom. The minimum Gasteiger partial charge on any atom is -0.267 e. The van der Waals surface area contributed by atoms with Gasteiger partial charge >= 0.3 is 6.18 Å². The maximum Gasteiger partial charge on any atom is 0.416 e. The Kier molecular flexibility index (Phi) is 5.34. The van der Waals surface area contributed by atoms with Gasteiger partial charge in [-0.1, -0.05) is 24.3 Å². The molecule has 0 aliphatic carbocycles. The summed E-state index contributed by atoms with van der Waals surface area (Å²) < 4.78 is 37.8. The summed E-state index contributed by atoms with van der Waals surface area (Å²) in [6.45, 7) is 0. The zero-order valence-corrected chi connectivity index (χ0v) is 11.5. The van der Waals surface area contributed by atoms with E-state index >= 15 is 0 Å². The highest BCUT2D eigenvalue weighted by atomic mass is 35.5. The number of carbonyl (C=O) groups excluding carboxylic acids is 1. The van der Waals surface area contributed by atoms with Gasteiger partial charge in [-0.15, -0.1) is 12.4 Å². The Hall–Kier alpha value is -2.05. The Labute approximate surface area is 125 Å². The molecule has 0 heterocycles. The standard InChI is InChI=1S/C14H11F3N2O.ClH/c15-14(16,17)11-6-4-5-10(9-11)13(20)19(18)12-7-2-1-3-8-12;/h1-9H,18H2;1H. The van der Waals surface area contributed by atoms with Gasteiger partial charge in [0.05, 0.1) is 11.3 Å². The molecule has 112 valence electrons. The van der Waals surface area contributed by atoms with Gasteiger partial charge < -0.3 is 0 Å². The summed E-state index contributed by atoms with van der Waals surface area (Å²) in [4.78, 5) is 12.1. The summed E-state index contributed by atoms with van der Waals surface area (Å²) in [6.07, 6.45) is -4.50. The largest absolute Gasteiger partial charge is 0.416 e. The van der Waals surface area contributed by atoms with Crippen molar-refractivity contribution in [2.24, 2.45) is 5.84 Å². The van der Waals surface area contributed by atoms with Crippen molar-refractivity contribution < 1.29 is 18.0 Å². The summed E-state index contributed by atoms with van der Waals surface area (Å²) in [5, 5.41) is 0.815. The van der Waals surface area contributed by atoms with Crippen LogP contribution in [0.5, 0.6) is 0 Å². The van der Waals surface area contributed by atoms with Crippen molar-refractivity contribution in [2.45, 2.75) is 6.18 Å². The van der Waals surface area contributed by atoms with Crippen LogP contribution in [0.25, 0.3) is 0 Å². The number of amides is 1. The summed E-state index contributed by atoms with van der Waals surface area (Å²) in [6, 6.07) is 12.4. The number of hydrogen-bond acceptors (Lipinski definition) is 2. The molecule has 2 N–H and O–H groups in total. The van der Waals surface area contributed by atoms with E-state index < -0.39 is 17.6 Å². The van der Waals surface area contributed by atoms with Crippen LogP contribution in [-0.4, -0.2) is 5.91 Å². The molecule has 2 rings (SSSR count). The average molecular weight is 317 g/mol. The van der Waals surface area contributed by atoms with Crippen LogP contribution in [0.4, 0.5) is 18.9 Å². The van der Waals surface area contributed by atoms with Gasteiger partial charge in [0, 0.05) is 5.56 Å². The van der Waals surface area contributed by atoms with Crippen LogP contribution in [-0.2, 0) is 6.18 Å². The number of nitrogens with zero attached hydrogens (tertiary/aromatic N) is 1. The lowest BCUT2D eigenvalue weighted by Crippen LogP contribution is -2.37. The van der Waals surface area contributed by atoms with Crippen LogP contribution < -0.4 is 10.9 Å².